The number of amides is 1. The van der Waals surface area contributed by atoms with Crippen LogP contribution < -0.4 is 67.0 Å². The average Bonchev–Trinajstić information content (AvgIpc) is 2.73. The Balaban J connectivity index is 0.000000471. The third kappa shape index (κ3) is 9.42. The van der Waals surface area contributed by atoms with E-state index in [0.29, 0.717) is 5.75 Å². The van der Waals surface area contributed by atoms with Crippen LogP contribution in [-0.2, 0) is 21.0 Å². The summed E-state index contributed by atoms with van der Waals surface area (Å²) in [5.74, 6) is -1.28. The van der Waals surface area contributed by atoms with Crippen LogP contribution in [0.4, 0.5) is 0 Å². The van der Waals surface area contributed by atoms with E-state index in [9.17, 15) is 18.4 Å². The number of carboxylic acids is 1. The summed E-state index contributed by atoms with van der Waals surface area (Å²) in [5, 5.41) is 8.22. The Labute approximate surface area is 190 Å². The van der Waals surface area contributed by atoms with E-state index >= 15 is 0 Å². The van der Waals surface area contributed by atoms with Crippen LogP contribution in [0.2, 0.25) is 0 Å². The van der Waals surface area contributed by atoms with Crippen LogP contribution in [0.5, 0.6) is 5.75 Å². The summed E-state index contributed by atoms with van der Waals surface area (Å²) in [6.07, 6.45) is 0.123. The number of fused-ring (bicyclic) bond motifs is 1. The van der Waals surface area contributed by atoms with Crippen molar-refractivity contribution in [1.29, 1.82) is 0 Å². The van der Waals surface area contributed by atoms with Gasteiger partial charge in [0.2, 0.25) is 5.91 Å². The number of aliphatic carboxylic acids is 1. The quantitative estimate of drug-likeness (QED) is 0.366. The minimum Gasteiger partial charge on any atom is -0.740 e. The molecule has 25 heavy (non-hydrogen) atoms. The minimum atomic E-state index is -2.52. The normalized spacial score (nSPS) is 12.1. The first-order chi connectivity index (χ1) is 11.3. The molecule has 0 aromatic carbocycles. The van der Waals surface area contributed by atoms with Crippen molar-refractivity contribution in [3.05, 3.63) is 42.5 Å². The molecule has 10 heteroatoms. The van der Waals surface area contributed by atoms with Gasteiger partial charge in [-0.2, -0.15) is 0 Å². The van der Waals surface area contributed by atoms with E-state index < -0.39 is 29.3 Å². The molecule has 1 amide bonds. The van der Waals surface area contributed by atoms with E-state index in [1.807, 2.05) is 36.4 Å². The molecule has 2 aliphatic carbocycles. The third-order valence-electron chi connectivity index (χ3n) is 2.93. The molecule has 0 spiro atoms. The van der Waals surface area contributed by atoms with Crippen molar-refractivity contribution in [1.82, 2.24) is 0 Å². The van der Waals surface area contributed by atoms with Crippen molar-refractivity contribution < 1.29 is 79.0 Å². The Morgan fingerprint density at radius 2 is 1.84 bits per heavy atom. The van der Waals surface area contributed by atoms with Crippen molar-refractivity contribution in [2.24, 2.45) is 11.5 Å². The summed E-state index contributed by atoms with van der Waals surface area (Å²) in [6, 6.07) is 11.8. The molecule has 8 nitrogen and oxygen atoms in total. The monoisotopic (exact) mass is 392 g/mol. The first-order valence-electron chi connectivity index (χ1n) is 6.83. The number of carboxylic acid groups (broad SMARTS) is 1. The molecule has 2 atom stereocenters. The van der Waals surface area contributed by atoms with Gasteiger partial charge >= 0.3 is 57.4 Å². The Morgan fingerprint density at radius 1 is 1.20 bits per heavy atom. The van der Waals surface area contributed by atoms with Gasteiger partial charge in [0, 0.05) is 12.0 Å². The fourth-order valence-electron chi connectivity index (χ4n) is 1.75. The van der Waals surface area contributed by atoms with Crippen LogP contribution >= 0.6 is 0 Å². The number of rotatable bonds is 6. The van der Waals surface area contributed by atoms with E-state index in [1.165, 1.54) is 0 Å². The first kappa shape index (κ1) is 24.1. The van der Waals surface area contributed by atoms with Gasteiger partial charge in [-0.25, -0.2) is 4.21 Å². The van der Waals surface area contributed by atoms with Gasteiger partial charge in [-0.05, 0) is 18.1 Å². The van der Waals surface area contributed by atoms with Crippen LogP contribution in [0.1, 0.15) is 12.8 Å². The molecule has 0 aliphatic heterocycles. The Hall–Kier alpha value is -0.854. The molecule has 5 N–H and O–H groups in total. The summed E-state index contributed by atoms with van der Waals surface area (Å²) in [6.45, 7) is 0. The van der Waals surface area contributed by atoms with Crippen LogP contribution in [0.3, 0.4) is 0 Å². The zero-order valence-corrected chi connectivity index (χ0v) is 17.5. The molecule has 0 radical (unpaired) electrons. The van der Waals surface area contributed by atoms with E-state index in [4.69, 9.17) is 16.6 Å². The van der Waals surface area contributed by atoms with Gasteiger partial charge in [0.05, 0.1) is 0 Å². The van der Waals surface area contributed by atoms with Gasteiger partial charge in [-0.3, -0.25) is 9.59 Å². The van der Waals surface area contributed by atoms with Gasteiger partial charge in [0.15, 0.2) is 0 Å². The second-order valence-electron chi connectivity index (χ2n) is 4.71. The molecular formula is C15H17KN2O6S. The number of primary amides is 1. The fourth-order valence-corrected chi connectivity index (χ4v) is 2.05. The van der Waals surface area contributed by atoms with Gasteiger partial charge in [-0.1, -0.05) is 36.4 Å². The van der Waals surface area contributed by atoms with E-state index in [0.717, 1.165) is 11.1 Å². The van der Waals surface area contributed by atoms with Crippen molar-refractivity contribution in [2.75, 3.05) is 0 Å². The van der Waals surface area contributed by atoms with Crippen LogP contribution in [-0.4, -0.2) is 31.8 Å². The molecule has 2 aliphatic rings. The Kier molecular flexibility index (Phi) is 12.1. The predicted molar refractivity (Wildman–Crippen MR) is 86.7 cm³/mol. The minimum absolute atomic E-state index is 0. The van der Waals surface area contributed by atoms with Gasteiger partial charge in [0.25, 0.3) is 0 Å². The van der Waals surface area contributed by atoms with Crippen LogP contribution in [0.15, 0.2) is 42.5 Å². The summed E-state index contributed by atoms with van der Waals surface area (Å²) in [5.41, 5.74) is 11.6. The Morgan fingerprint density at radius 3 is 2.40 bits per heavy atom. The van der Waals surface area contributed by atoms with Crippen LogP contribution in [0.25, 0.3) is 11.1 Å². The van der Waals surface area contributed by atoms with E-state index in [-0.39, 0.29) is 64.2 Å². The van der Waals surface area contributed by atoms with Crippen molar-refractivity contribution in [3.63, 3.8) is 0 Å². The molecule has 0 fully saturated rings. The molecular weight excluding hydrogens is 375 g/mol. The SMILES string of the molecule is NC(=O)CC[C@H](N)C(=O)O.O=S([O-])Oc1ccc2cccccc1-2.[K+]. The zero-order valence-electron chi connectivity index (χ0n) is 13.6. The largest absolute Gasteiger partial charge is 1.00 e. The van der Waals surface area contributed by atoms with Crippen LogP contribution in [0, 0.1) is 0 Å². The number of carbonyl (C=O) groups is 2. The summed E-state index contributed by atoms with van der Waals surface area (Å²) in [4.78, 5) is 20.1. The molecule has 0 heterocycles. The predicted octanol–water partition coefficient (Wildman–Crippen LogP) is -2.37. The van der Waals surface area contributed by atoms with E-state index in [2.05, 4.69) is 4.18 Å². The molecule has 2 rings (SSSR count). The number of carbonyl (C=O) groups excluding carboxylic acids is 1. The van der Waals surface area contributed by atoms with Gasteiger partial charge in [-0.15, -0.1) is 0 Å². The van der Waals surface area contributed by atoms with Crippen molar-refractivity contribution in [2.45, 2.75) is 18.9 Å². The molecule has 130 valence electrons. The summed E-state index contributed by atoms with van der Waals surface area (Å²) < 4.78 is 25.4. The number of hydrogen-bond acceptors (Lipinski definition) is 6. The maximum atomic E-state index is 10.4. The number of nitrogens with two attached hydrogens (primary N) is 2. The number of hydrogen-bond donors (Lipinski definition) is 3. The van der Waals surface area contributed by atoms with E-state index in [1.54, 1.807) is 6.07 Å². The third-order valence-corrected chi connectivity index (χ3v) is 3.24. The maximum absolute atomic E-state index is 10.4. The smallest absolute Gasteiger partial charge is 0.740 e. The summed E-state index contributed by atoms with van der Waals surface area (Å²) in [7, 11) is 0. The Bertz CT molecular complexity index is 700. The maximum Gasteiger partial charge on any atom is 1.00 e. The fraction of sp³-hybridized carbons (Fsp3) is 0.200. The molecule has 0 aromatic rings. The molecule has 1 unspecified atom stereocenters. The summed E-state index contributed by atoms with van der Waals surface area (Å²) >= 11 is -2.52. The molecule has 0 saturated carbocycles. The molecule has 0 aromatic heterocycles. The van der Waals surface area contributed by atoms with Gasteiger partial charge in [0.1, 0.15) is 23.2 Å². The molecule has 0 saturated heterocycles. The second kappa shape index (κ2) is 12.5. The topological polar surface area (TPSA) is 156 Å². The zero-order chi connectivity index (χ0) is 18.1. The van der Waals surface area contributed by atoms with Gasteiger partial charge < -0.3 is 25.3 Å². The average molecular weight is 392 g/mol. The molecule has 0 bridgehead atoms. The second-order valence-corrected chi connectivity index (χ2v) is 5.29. The standard InChI is InChI=1S/C10H8O3S.C5H10N2O3.K/c11-14(12)13-10-7-6-8-4-2-1-3-5-9(8)10;6-3(5(9)10)1-2-4(7)8;/h1-7H,(H,11,12);3H,1-2,6H2,(H2,7,8)(H,9,10);/q;;+1/p-1/t;3-;/m.0./s1. The van der Waals surface area contributed by atoms with Crippen molar-refractivity contribution >= 4 is 23.2 Å². The first-order valence-corrected chi connectivity index (χ1v) is 7.83. The van der Waals surface area contributed by atoms with Crippen molar-refractivity contribution in [3.8, 4) is 16.9 Å².